The van der Waals surface area contributed by atoms with Crippen LogP contribution in [0.3, 0.4) is 0 Å². The van der Waals surface area contributed by atoms with Gasteiger partial charge in [0, 0.05) is 31.3 Å². The van der Waals surface area contributed by atoms with Gasteiger partial charge in [0.05, 0.1) is 31.7 Å². The van der Waals surface area contributed by atoms with E-state index in [0.29, 0.717) is 50.6 Å². The highest BCUT2D eigenvalue weighted by Gasteiger charge is 2.22. The van der Waals surface area contributed by atoms with Crippen LogP contribution in [0.1, 0.15) is 41.2 Å². The van der Waals surface area contributed by atoms with Crippen LogP contribution in [0.15, 0.2) is 70.5 Å². The number of rotatable bonds is 10. The van der Waals surface area contributed by atoms with Crippen molar-refractivity contribution in [3.05, 3.63) is 104 Å². The molecule has 214 valence electrons. The van der Waals surface area contributed by atoms with Crippen molar-refractivity contribution >= 4 is 5.69 Å². The number of fused-ring (bicyclic) bond motifs is 3. The summed E-state index contributed by atoms with van der Waals surface area (Å²) in [5.41, 5.74) is 8.92. The molecule has 3 aromatic carbocycles. The van der Waals surface area contributed by atoms with Crippen LogP contribution in [0.4, 0.5) is 5.69 Å². The standard InChI is InChI=1S/C34H39N3O4/c1-6-41-31-19-27-13-15-36-29(28(27)20-30(31)39-5)21-32(35-33-24(3)17-23(2)18-25(33)4)37(34(36)38)14-10-16-40-22-26-11-8-7-9-12-26/h7-9,11-12,17-21H,6,10,13-16,22H2,1-5H3. The van der Waals surface area contributed by atoms with E-state index in [9.17, 15) is 4.79 Å². The molecule has 4 aromatic rings. The molecule has 5 rings (SSSR count). The Bertz CT molecular complexity index is 1650. The summed E-state index contributed by atoms with van der Waals surface area (Å²) in [6.07, 6.45) is 1.43. The first-order chi connectivity index (χ1) is 19.9. The largest absolute Gasteiger partial charge is 0.493 e. The minimum atomic E-state index is -0.0646. The summed E-state index contributed by atoms with van der Waals surface area (Å²) in [5.74, 6) is 1.38. The maximum Gasteiger partial charge on any atom is 0.330 e. The minimum absolute atomic E-state index is 0.0646. The van der Waals surface area contributed by atoms with Gasteiger partial charge in [-0.1, -0.05) is 48.0 Å². The molecule has 0 unspecified atom stereocenters. The lowest BCUT2D eigenvalue weighted by molar-refractivity contribution is 0.115. The predicted molar refractivity (Wildman–Crippen MR) is 162 cm³/mol. The number of hydrogen-bond donors (Lipinski definition) is 0. The molecule has 0 N–H and O–H groups in total. The van der Waals surface area contributed by atoms with E-state index in [4.69, 9.17) is 19.2 Å². The first kappa shape index (κ1) is 28.4. The van der Waals surface area contributed by atoms with Gasteiger partial charge in [0.15, 0.2) is 11.5 Å². The zero-order valence-corrected chi connectivity index (χ0v) is 24.7. The highest BCUT2D eigenvalue weighted by atomic mass is 16.5. The van der Waals surface area contributed by atoms with Crippen LogP contribution in [-0.2, 0) is 30.9 Å². The summed E-state index contributed by atoms with van der Waals surface area (Å²) in [7, 11) is 1.64. The zero-order valence-electron chi connectivity index (χ0n) is 24.7. The summed E-state index contributed by atoms with van der Waals surface area (Å²) in [6, 6.07) is 20.5. The molecular formula is C34H39N3O4. The molecule has 0 bridgehead atoms. The highest BCUT2D eigenvalue weighted by molar-refractivity contribution is 5.70. The number of aryl methyl sites for hydroxylation is 4. The summed E-state index contributed by atoms with van der Waals surface area (Å²) in [5, 5.41) is 0. The van der Waals surface area contributed by atoms with Gasteiger partial charge in [-0.15, -0.1) is 0 Å². The fourth-order valence-electron chi connectivity index (χ4n) is 5.63. The van der Waals surface area contributed by atoms with Gasteiger partial charge in [-0.25, -0.2) is 9.79 Å². The molecule has 0 aliphatic carbocycles. The third kappa shape index (κ3) is 6.15. The second-order valence-electron chi connectivity index (χ2n) is 10.6. The molecule has 2 heterocycles. The van der Waals surface area contributed by atoms with Gasteiger partial charge in [-0.05, 0) is 74.9 Å². The molecule has 1 aliphatic rings. The van der Waals surface area contributed by atoms with Crippen LogP contribution in [0, 0.1) is 20.8 Å². The van der Waals surface area contributed by atoms with Crippen LogP contribution < -0.4 is 20.7 Å². The average Bonchev–Trinajstić information content (AvgIpc) is 2.96. The lowest BCUT2D eigenvalue weighted by Crippen LogP contribution is -2.42. The van der Waals surface area contributed by atoms with E-state index in [1.165, 1.54) is 5.56 Å². The molecule has 0 spiro atoms. The van der Waals surface area contributed by atoms with Crippen LogP contribution in [0.25, 0.3) is 11.3 Å². The van der Waals surface area contributed by atoms with Crippen molar-refractivity contribution in [2.45, 2.75) is 60.2 Å². The second kappa shape index (κ2) is 12.6. The first-order valence-electron chi connectivity index (χ1n) is 14.3. The number of hydrogen-bond acceptors (Lipinski definition) is 5. The summed E-state index contributed by atoms with van der Waals surface area (Å²) in [4.78, 5) is 19.1. The van der Waals surface area contributed by atoms with Gasteiger partial charge < -0.3 is 14.2 Å². The fraction of sp³-hybridized carbons (Fsp3) is 0.353. The van der Waals surface area contributed by atoms with Crippen molar-refractivity contribution in [3.63, 3.8) is 0 Å². The Kier molecular flexibility index (Phi) is 8.74. The van der Waals surface area contributed by atoms with Gasteiger partial charge in [-0.2, -0.15) is 0 Å². The van der Waals surface area contributed by atoms with E-state index >= 15 is 0 Å². The molecule has 0 atom stereocenters. The van der Waals surface area contributed by atoms with Crippen LogP contribution >= 0.6 is 0 Å². The molecule has 0 amide bonds. The molecule has 0 saturated heterocycles. The SMILES string of the molecule is CCOc1cc2c(cc1OC)-c1cc(=Nc3c(C)cc(C)cc3C)n(CCCOCc3ccccc3)c(=O)n1CC2. The lowest BCUT2D eigenvalue weighted by Gasteiger charge is -2.25. The topological polar surface area (TPSA) is 67.0 Å². The molecule has 1 aromatic heterocycles. The third-order valence-electron chi connectivity index (χ3n) is 7.51. The number of aromatic nitrogens is 2. The Morgan fingerprint density at radius 3 is 2.41 bits per heavy atom. The van der Waals surface area contributed by atoms with Crippen LogP contribution in [0.2, 0.25) is 0 Å². The molecule has 41 heavy (non-hydrogen) atoms. The smallest absolute Gasteiger partial charge is 0.330 e. The Hall–Kier alpha value is -4.10. The molecule has 7 nitrogen and oxygen atoms in total. The van der Waals surface area contributed by atoms with E-state index in [1.54, 1.807) is 11.7 Å². The van der Waals surface area contributed by atoms with Crippen LogP contribution in [0.5, 0.6) is 11.5 Å². The van der Waals surface area contributed by atoms with Gasteiger partial charge in [-0.3, -0.25) is 9.13 Å². The van der Waals surface area contributed by atoms with Crippen molar-refractivity contribution in [1.82, 2.24) is 9.13 Å². The van der Waals surface area contributed by atoms with E-state index in [2.05, 4.69) is 45.0 Å². The van der Waals surface area contributed by atoms with Crippen molar-refractivity contribution in [2.75, 3.05) is 20.3 Å². The fourth-order valence-corrected chi connectivity index (χ4v) is 5.63. The molecule has 0 radical (unpaired) electrons. The van der Waals surface area contributed by atoms with Gasteiger partial charge >= 0.3 is 5.69 Å². The Morgan fingerprint density at radius 1 is 0.951 bits per heavy atom. The number of ether oxygens (including phenoxy) is 3. The van der Waals surface area contributed by atoms with Crippen molar-refractivity contribution < 1.29 is 14.2 Å². The van der Waals surface area contributed by atoms with E-state index in [1.807, 2.05) is 47.9 Å². The maximum absolute atomic E-state index is 14.0. The van der Waals surface area contributed by atoms with Crippen molar-refractivity contribution in [2.24, 2.45) is 4.99 Å². The van der Waals surface area contributed by atoms with E-state index < -0.39 is 0 Å². The van der Waals surface area contributed by atoms with Crippen LogP contribution in [-0.4, -0.2) is 29.5 Å². The molecule has 0 saturated carbocycles. The molecule has 1 aliphatic heterocycles. The average molecular weight is 554 g/mol. The number of methoxy groups -OCH3 is 1. The normalized spacial score (nSPS) is 12.7. The summed E-state index contributed by atoms with van der Waals surface area (Å²) in [6.45, 7) is 10.9. The first-order valence-corrected chi connectivity index (χ1v) is 14.3. The van der Waals surface area contributed by atoms with Gasteiger partial charge in [0.1, 0.15) is 5.49 Å². The maximum atomic E-state index is 14.0. The zero-order chi connectivity index (χ0) is 28.9. The van der Waals surface area contributed by atoms with Gasteiger partial charge in [0.2, 0.25) is 0 Å². The second-order valence-corrected chi connectivity index (χ2v) is 10.6. The number of benzene rings is 3. The van der Waals surface area contributed by atoms with Crippen molar-refractivity contribution in [1.29, 1.82) is 0 Å². The van der Waals surface area contributed by atoms with E-state index in [0.717, 1.165) is 51.4 Å². The lowest BCUT2D eigenvalue weighted by atomic mass is 9.97. The Labute approximate surface area is 241 Å². The summed E-state index contributed by atoms with van der Waals surface area (Å²) >= 11 is 0. The molecular weight excluding hydrogens is 514 g/mol. The quantitative estimate of drug-likeness (QED) is 0.225. The Morgan fingerprint density at radius 2 is 1.71 bits per heavy atom. The van der Waals surface area contributed by atoms with Crippen molar-refractivity contribution in [3.8, 4) is 22.8 Å². The monoisotopic (exact) mass is 553 g/mol. The summed E-state index contributed by atoms with van der Waals surface area (Å²) < 4.78 is 21.1. The minimum Gasteiger partial charge on any atom is -0.493 e. The number of nitrogens with zero attached hydrogens (tertiary/aromatic N) is 3. The predicted octanol–water partition coefficient (Wildman–Crippen LogP) is 6.04. The highest BCUT2D eigenvalue weighted by Crippen LogP contribution is 2.37. The Balaban J connectivity index is 1.56. The molecule has 0 fully saturated rings. The van der Waals surface area contributed by atoms with Gasteiger partial charge in [0.25, 0.3) is 0 Å². The third-order valence-corrected chi connectivity index (χ3v) is 7.51. The van der Waals surface area contributed by atoms with E-state index in [-0.39, 0.29) is 5.69 Å². The molecule has 7 heteroatoms.